The number of ether oxygens (including phenoxy) is 1. The average molecular weight is 466 g/mol. The van der Waals surface area contributed by atoms with Crippen molar-refractivity contribution in [2.24, 2.45) is 0 Å². The Kier molecular flexibility index (Phi) is 7.64. The Bertz CT molecular complexity index is 1020. The first-order valence-corrected chi connectivity index (χ1v) is 11.6. The van der Waals surface area contributed by atoms with Crippen LogP contribution in [0.4, 0.5) is 16.2 Å². The summed E-state index contributed by atoms with van der Waals surface area (Å²) in [6.45, 7) is 5.27. The van der Waals surface area contributed by atoms with Gasteiger partial charge < -0.3 is 30.1 Å². The molecule has 2 aromatic carbocycles. The zero-order chi connectivity index (χ0) is 23.9. The molecule has 2 heterocycles. The van der Waals surface area contributed by atoms with Gasteiger partial charge in [-0.25, -0.2) is 4.79 Å². The lowest BCUT2D eigenvalue weighted by molar-refractivity contribution is 0.0735. The highest BCUT2D eigenvalue weighted by molar-refractivity contribution is 6.07. The van der Waals surface area contributed by atoms with Gasteiger partial charge >= 0.3 is 6.09 Å². The minimum absolute atomic E-state index is 0.0454. The molecule has 2 N–H and O–H groups in total. The second kappa shape index (κ2) is 11.0. The van der Waals surface area contributed by atoms with Crippen LogP contribution < -0.4 is 15.5 Å². The minimum Gasteiger partial charge on any atom is -0.453 e. The van der Waals surface area contributed by atoms with Crippen molar-refractivity contribution < 1.29 is 19.1 Å². The van der Waals surface area contributed by atoms with E-state index in [1.807, 2.05) is 35.2 Å². The van der Waals surface area contributed by atoms with E-state index >= 15 is 0 Å². The molecule has 2 saturated heterocycles. The lowest BCUT2D eigenvalue weighted by Gasteiger charge is -2.29. The monoisotopic (exact) mass is 465 g/mol. The van der Waals surface area contributed by atoms with E-state index in [2.05, 4.69) is 15.5 Å². The lowest BCUT2D eigenvalue weighted by Crippen LogP contribution is -2.46. The van der Waals surface area contributed by atoms with Gasteiger partial charge in [0.15, 0.2) is 0 Å². The molecule has 2 aliphatic heterocycles. The van der Waals surface area contributed by atoms with Gasteiger partial charge in [-0.05, 0) is 36.8 Å². The summed E-state index contributed by atoms with van der Waals surface area (Å²) >= 11 is 0. The fraction of sp³-hybridized carbons (Fsp3) is 0.400. The van der Waals surface area contributed by atoms with Gasteiger partial charge in [0, 0.05) is 63.5 Å². The van der Waals surface area contributed by atoms with Crippen molar-refractivity contribution >= 4 is 29.3 Å². The van der Waals surface area contributed by atoms with Crippen molar-refractivity contribution in [3.63, 3.8) is 0 Å². The summed E-state index contributed by atoms with van der Waals surface area (Å²) < 4.78 is 4.88. The van der Waals surface area contributed by atoms with Gasteiger partial charge in [0.05, 0.1) is 18.5 Å². The van der Waals surface area contributed by atoms with Gasteiger partial charge in [0.2, 0.25) is 0 Å². The number of carbonyl (C=O) groups is 3. The second-order valence-electron chi connectivity index (χ2n) is 8.39. The smallest absolute Gasteiger partial charge is 0.409 e. The first-order valence-electron chi connectivity index (χ1n) is 11.6. The van der Waals surface area contributed by atoms with E-state index in [1.54, 1.807) is 23.1 Å². The number of methoxy groups -OCH3 is 1. The van der Waals surface area contributed by atoms with Crippen molar-refractivity contribution in [1.29, 1.82) is 0 Å². The van der Waals surface area contributed by atoms with Gasteiger partial charge in [-0.3, -0.25) is 9.59 Å². The molecule has 0 radical (unpaired) electrons. The highest BCUT2D eigenvalue weighted by Crippen LogP contribution is 2.29. The number of nitrogens with one attached hydrogen (secondary N) is 2. The first kappa shape index (κ1) is 23.6. The molecule has 0 aromatic heterocycles. The number of carbonyl (C=O) groups excluding carboxylic acids is 3. The molecule has 0 aliphatic carbocycles. The van der Waals surface area contributed by atoms with Crippen molar-refractivity contribution in [2.45, 2.75) is 6.42 Å². The Morgan fingerprint density at radius 1 is 0.853 bits per heavy atom. The number of benzene rings is 2. The van der Waals surface area contributed by atoms with Crippen LogP contribution in [-0.4, -0.2) is 87.2 Å². The number of hydrogen-bond donors (Lipinski definition) is 2. The Labute approximate surface area is 199 Å². The van der Waals surface area contributed by atoms with Crippen LogP contribution in [0.3, 0.4) is 0 Å². The summed E-state index contributed by atoms with van der Waals surface area (Å²) in [5.74, 6) is -0.282. The molecule has 0 saturated carbocycles. The second-order valence-corrected chi connectivity index (χ2v) is 8.39. The van der Waals surface area contributed by atoms with Gasteiger partial charge in [0.1, 0.15) is 0 Å². The zero-order valence-electron chi connectivity index (χ0n) is 19.5. The van der Waals surface area contributed by atoms with E-state index in [9.17, 15) is 14.4 Å². The predicted molar refractivity (Wildman–Crippen MR) is 130 cm³/mol. The van der Waals surface area contributed by atoms with Crippen LogP contribution in [0, 0.1) is 0 Å². The molecule has 2 aliphatic rings. The van der Waals surface area contributed by atoms with Crippen LogP contribution in [0.15, 0.2) is 48.5 Å². The Morgan fingerprint density at radius 2 is 1.62 bits per heavy atom. The molecule has 4 rings (SSSR count). The summed E-state index contributed by atoms with van der Waals surface area (Å²) in [4.78, 5) is 43.7. The molecule has 3 amide bonds. The minimum atomic E-state index is -0.337. The maximum Gasteiger partial charge on any atom is 0.409 e. The van der Waals surface area contributed by atoms with E-state index in [1.165, 1.54) is 7.11 Å². The van der Waals surface area contributed by atoms with Crippen molar-refractivity contribution in [1.82, 2.24) is 15.1 Å². The molecule has 9 nitrogen and oxygen atoms in total. The molecule has 34 heavy (non-hydrogen) atoms. The fourth-order valence-corrected chi connectivity index (χ4v) is 4.35. The fourth-order valence-electron chi connectivity index (χ4n) is 4.35. The molecule has 0 spiro atoms. The summed E-state index contributed by atoms with van der Waals surface area (Å²) in [6.07, 6.45) is 0.430. The number of hydrogen-bond acceptors (Lipinski definition) is 6. The normalized spacial score (nSPS) is 16.6. The molecule has 180 valence electrons. The maximum atomic E-state index is 13.1. The molecule has 2 aromatic rings. The summed E-state index contributed by atoms with van der Waals surface area (Å²) in [6, 6.07) is 14.5. The van der Waals surface area contributed by atoms with Crippen LogP contribution in [0.5, 0.6) is 0 Å². The van der Waals surface area contributed by atoms with Crippen LogP contribution in [0.1, 0.15) is 27.1 Å². The molecule has 9 heteroatoms. The number of nitrogens with zero attached hydrogens (tertiary/aromatic N) is 3. The molecule has 0 unspecified atom stereocenters. The number of piperazine rings is 1. The number of rotatable bonds is 4. The highest BCUT2D eigenvalue weighted by atomic mass is 16.5. The van der Waals surface area contributed by atoms with E-state index < -0.39 is 0 Å². The van der Waals surface area contributed by atoms with Gasteiger partial charge in [-0.1, -0.05) is 18.2 Å². The Hall–Kier alpha value is -3.59. The van der Waals surface area contributed by atoms with Crippen molar-refractivity contribution in [3.05, 3.63) is 59.7 Å². The van der Waals surface area contributed by atoms with E-state index in [-0.39, 0.29) is 17.9 Å². The third-order valence-electron chi connectivity index (χ3n) is 6.20. The largest absolute Gasteiger partial charge is 0.453 e. The zero-order valence-corrected chi connectivity index (χ0v) is 19.5. The third-order valence-corrected chi connectivity index (χ3v) is 6.20. The summed E-state index contributed by atoms with van der Waals surface area (Å²) in [7, 11) is 1.39. The van der Waals surface area contributed by atoms with E-state index in [0.29, 0.717) is 56.1 Å². The maximum absolute atomic E-state index is 13.1. The van der Waals surface area contributed by atoms with Crippen molar-refractivity contribution in [3.8, 4) is 0 Å². The number of amides is 3. The predicted octanol–water partition coefficient (Wildman–Crippen LogP) is 2.26. The Morgan fingerprint density at radius 3 is 2.35 bits per heavy atom. The van der Waals surface area contributed by atoms with Gasteiger partial charge in [-0.2, -0.15) is 0 Å². The average Bonchev–Trinajstić information content (AvgIpc) is 3.15. The van der Waals surface area contributed by atoms with Crippen molar-refractivity contribution in [2.75, 3.05) is 69.7 Å². The van der Waals surface area contributed by atoms with Gasteiger partial charge in [-0.15, -0.1) is 0 Å². The molecule has 0 bridgehead atoms. The molecule has 0 atom stereocenters. The van der Waals surface area contributed by atoms with Crippen LogP contribution >= 0.6 is 0 Å². The SMILES string of the molecule is COC(=O)N1CCCN(c2ccc(C(=O)N3CCNCC3)cc2NC(=O)c2ccccc2)CC1. The van der Waals surface area contributed by atoms with E-state index in [0.717, 1.165) is 25.2 Å². The third kappa shape index (κ3) is 5.48. The lowest BCUT2D eigenvalue weighted by atomic mass is 10.1. The van der Waals surface area contributed by atoms with Gasteiger partial charge in [0.25, 0.3) is 11.8 Å². The molecular weight excluding hydrogens is 434 g/mol. The quantitative estimate of drug-likeness (QED) is 0.720. The van der Waals surface area contributed by atoms with E-state index in [4.69, 9.17) is 4.74 Å². The van der Waals surface area contributed by atoms with Crippen LogP contribution in [0.25, 0.3) is 0 Å². The van der Waals surface area contributed by atoms with Crippen LogP contribution in [0.2, 0.25) is 0 Å². The summed E-state index contributed by atoms with van der Waals surface area (Å²) in [5, 5.41) is 6.27. The molecular formula is C25H31N5O4. The van der Waals surface area contributed by atoms with Crippen LogP contribution in [-0.2, 0) is 4.74 Å². The standard InChI is InChI=1S/C25H31N5O4/c1-34-25(33)30-13-5-12-28(16-17-30)22-9-8-20(24(32)29-14-10-26-11-15-29)18-21(22)27-23(31)19-6-3-2-4-7-19/h2-4,6-9,18,26H,5,10-17H2,1H3,(H,27,31). The molecule has 2 fully saturated rings. The highest BCUT2D eigenvalue weighted by Gasteiger charge is 2.24. The number of anilines is 2. The first-order chi connectivity index (χ1) is 16.6. The summed E-state index contributed by atoms with van der Waals surface area (Å²) in [5.41, 5.74) is 2.49. The topological polar surface area (TPSA) is 94.2 Å². The Balaban J connectivity index is 1.61.